The molecule has 0 saturated carbocycles. The van der Waals surface area contributed by atoms with Crippen LogP contribution in [0.5, 0.6) is 0 Å². The van der Waals surface area contributed by atoms with Crippen molar-refractivity contribution < 1.29 is 61.4 Å². The summed E-state index contributed by atoms with van der Waals surface area (Å²) in [6, 6.07) is 0. The summed E-state index contributed by atoms with van der Waals surface area (Å²) in [5.74, 6) is 0. The van der Waals surface area contributed by atoms with Crippen LogP contribution in [0.25, 0.3) is 0 Å². The van der Waals surface area contributed by atoms with E-state index in [1.807, 2.05) is 0 Å². The Kier molecular flexibility index (Phi) is 50.4. The Hall–Kier alpha value is 1.75. The zero-order valence-corrected chi connectivity index (χ0v) is 7.23. The summed E-state index contributed by atoms with van der Waals surface area (Å²) in [6.07, 6.45) is 0. The molecule has 0 spiro atoms. The second-order valence-electron chi connectivity index (χ2n) is 0. The van der Waals surface area contributed by atoms with Gasteiger partial charge < -0.3 is 0 Å². The van der Waals surface area contributed by atoms with Crippen LogP contribution < -0.4 is 0 Å². The quantitative estimate of drug-likeness (QED) is 0.579. The first-order valence-electron chi connectivity index (χ1n) is 0.462. The third-order valence-electron chi connectivity index (χ3n) is 0. The van der Waals surface area contributed by atoms with Crippen molar-refractivity contribution in [1.82, 2.24) is 0 Å². The summed E-state index contributed by atoms with van der Waals surface area (Å²) >= 11 is 0.650. The fraction of sp³-hybridized carbons (Fsp3) is 0. The molecule has 0 aliphatic rings. The van der Waals surface area contributed by atoms with Gasteiger partial charge in [0.25, 0.3) is 0 Å². The summed E-state index contributed by atoms with van der Waals surface area (Å²) in [5, 5.41) is 0. The molecule has 0 aliphatic carbocycles. The van der Waals surface area contributed by atoms with Crippen molar-refractivity contribution in [1.29, 1.82) is 0 Å². The van der Waals surface area contributed by atoms with Crippen LogP contribution in [0.1, 0.15) is 0 Å². The van der Waals surface area contributed by atoms with Gasteiger partial charge in [-0.05, 0) is 0 Å². The van der Waals surface area contributed by atoms with Crippen molar-refractivity contribution in [3.8, 4) is 0 Å². The fourth-order valence-corrected chi connectivity index (χ4v) is 0. The van der Waals surface area contributed by atoms with Gasteiger partial charge in [-0.3, -0.25) is 0 Å². The van der Waals surface area contributed by atoms with E-state index in [4.69, 9.17) is 5.23 Å². The van der Waals surface area contributed by atoms with Crippen molar-refractivity contribution in [2.75, 3.05) is 0 Å². The van der Waals surface area contributed by atoms with Gasteiger partial charge in [0, 0.05) is 0 Å². The molecule has 0 fully saturated rings. The van der Waals surface area contributed by atoms with E-state index in [9.17, 15) is 0 Å². The second kappa shape index (κ2) is 21.8. The molecule has 4 heavy (non-hydrogen) atoms. The van der Waals surface area contributed by atoms with E-state index in [0.29, 0.717) is 56.2 Å². The van der Waals surface area contributed by atoms with E-state index in [1.165, 1.54) is 0 Å². The molecule has 0 saturated heterocycles. The van der Waals surface area contributed by atoms with Gasteiger partial charge in [-0.25, -0.2) is 0 Å². The van der Waals surface area contributed by atoms with Crippen LogP contribution in [0.3, 0.4) is 0 Å². The minimum absolute atomic E-state index is 0.300. The summed E-state index contributed by atoms with van der Waals surface area (Å²) in [4.78, 5) is 0. The summed E-state index contributed by atoms with van der Waals surface area (Å²) in [5.41, 5.74) is 0. The first kappa shape index (κ1) is 9.22. The number of hydrogen-bond donors (Lipinski definition) is 1. The Morgan fingerprint density at radius 1 is 1.50 bits per heavy atom. The average molecular weight is 213 g/mol. The Labute approximate surface area is 60.5 Å². The van der Waals surface area contributed by atoms with Crippen LogP contribution in [0.4, 0.5) is 0 Å². The van der Waals surface area contributed by atoms with E-state index in [-0.39, 0.29) is 0 Å². The van der Waals surface area contributed by atoms with E-state index >= 15 is 0 Å². The van der Waals surface area contributed by atoms with Gasteiger partial charge in [-0.2, -0.15) is 0 Å². The molecular weight excluding hydrogens is 212 g/mol. The van der Waals surface area contributed by atoms with Gasteiger partial charge >= 0.3 is 61.4 Å². The Balaban J connectivity index is 0. The number of hydrogen-bond acceptors (Lipinski definition) is 2. The van der Waals surface area contributed by atoms with Crippen molar-refractivity contribution in [3.63, 3.8) is 0 Å². The van der Waals surface area contributed by atoms with Gasteiger partial charge in [0.15, 0.2) is 0 Å². The SMILES string of the molecule is [OH][Y].[O]=[Zr]. The monoisotopic (exact) mass is 212 g/mol. The normalized spacial score (nSPS) is 1.75. The predicted octanol–water partition coefficient (Wildman–Crippen LogP) is -0.681. The van der Waals surface area contributed by atoms with E-state index < -0.39 is 0 Å². The molecule has 0 heterocycles. The molecule has 0 aromatic rings. The standard InChI is InChI=1S/H2O.O.Y.Zr/h1H2;;;/q;;+1;/p-1. The van der Waals surface area contributed by atoms with E-state index in [2.05, 4.69) is 0 Å². The zero-order chi connectivity index (χ0) is 4.00. The summed E-state index contributed by atoms with van der Waals surface area (Å²) in [6.45, 7) is 0. The summed E-state index contributed by atoms with van der Waals surface area (Å²) < 4.78 is 15.5. The van der Waals surface area contributed by atoms with Crippen LogP contribution in [0.15, 0.2) is 0 Å². The predicted molar refractivity (Wildman–Crippen MR) is 2.91 cm³/mol. The van der Waals surface area contributed by atoms with Crippen molar-refractivity contribution in [3.05, 3.63) is 0 Å². The Morgan fingerprint density at radius 2 is 1.50 bits per heavy atom. The molecule has 0 unspecified atom stereocenters. The minimum atomic E-state index is 0.300. The van der Waals surface area contributed by atoms with E-state index in [0.717, 1.165) is 0 Å². The second-order valence-corrected chi connectivity index (χ2v) is 0. The Bertz CT molecular complexity index is 6.00. The van der Waals surface area contributed by atoms with E-state index in [1.54, 1.807) is 0 Å². The molecule has 1 N–H and O–H groups in total. The fourth-order valence-electron chi connectivity index (χ4n) is 0. The number of rotatable bonds is 0. The van der Waals surface area contributed by atoms with Gasteiger partial charge in [-0.1, -0.05) is 0 Å². The molecule has 4 heteroatoms. The van der Waals surface area contributed by atoms with Crippen LogP contribution in [-0.4, -0.2) is 2.42 Å². The van der Waals surface area contributed by atoms with Crippen LogP contribution in [-0.2, 0) is 59.0 Å². The third-order valence-corrected chi connectivity index (χ3v) is 0. The van der Waals surface area contributed by atoms with Crippen LogP contribution in [0.2, 0.25) is 0 Å². The topological polar surface area (TPSA) is 37.3 Å². The molecule has 0 aromatic heterocycles. The molecule has 2 nitrogen and oxygen atoms in total. The van der Waals surface area contributed by atoms with Gasteiger partial charge in [-0.15, -0.1) is 0 Å². The molecular formula is HO2YZr. The first-order valence-corrected chi connectivity index (χ1v) is 2.74. The molecule has 0 atom stereocenters. The molecule has 0 bridgehead atoms. The van der Waals surface area contributed by atoms with Gasteiger partial charge in [0.1, 0.15) is 0 Å². The average Bonchev–Trinajstić information content (AvgIpc) is 1.50. The molecule has 0 rings (SSSR count). The molecule has 0 aromatic carbocycles. The molecule has 0 amide bonds. The van der Waals surface area contributed by atoms with Crippen LogP contribution in [0, 0.1) is 0 Å². The Morgan fingerprint density at radius 3 is 1.50 bits per heavy atom. The zero-order valence-electron chi connectivity index (χ0n) is 1.93. The van der Waals surface area contributed by atoms with Gasteiger partial charge in [0.05, 0.1) is 0 Å². The third kappa shape index (κ3) is 9.26. The van der Waals surface area contributed by atoms with Crippen LogP contribution >= 0.6 is 0 Å². The summed E-state index contributed by atoms with van der Waals surface area (Å²) in [7, 11) is 0. The van der Waals surface area contributed by atoms with Gasteiger partial charge in [0.2, 0.25) is 0 Å². The maximum absolute atomic E-state index is 8.34. The van der Waals surface area contributed by atoms with Crippen molar-refractivity contribution in [2.45, 2.75) is 0 Å². The van der Waals surface area contributed by atoms with Crippen molar-refractivity contribution >= 4 is 0 Å². The van der Waals surface area contributed by atoms with Crippen molar-refractivity contribution in [2.24, 2.45) is 0 Å². The molecule has 0 radical (unpaired) electrons. The molecule has 20 valence electrons. The maximum atomic E-state index is 8.34. The molecule has 0 aliphatic heterocycles. The first-order chi connectivity index (χ1) is 2.00.